The highest BCUT2D eigenvalue weighted by Crippen LogP contribution is 2.41. The smallest absolute Gasteiger partial charge is 0.201 e. The minimum Gasteiger partial charge on any atom is -0.497 e. The average Bonchev–Trinajstić information content (AvgIpc) is 2.89. The molecule has 1 heterocycles. The Labute approximate surface area is 213 Å². The second-order valence-electron chi connectivity index (χ2n) is 8.22. The lowest BCUT2D eigenvalue weighted by Gasteiger charge is -2.18. The predicted molar refractivity (Wildman–Crippen MR) is 139 cm³/mol. The van der Waals surface area contributed by atoms with Gasteiger partial charge in [0.1, 0.15) is 24.7 Å². The first-order valence-electron chi connectivity index (χ1n) is 11.2. The van der Waals surface area contributed by atoms with Crippen LogP contribution in [0.15, 0.2) is 65.6 Å². The van der Waals surface area contributed by atoms with E-state index < -0.39 is 5.43 Å². The van der Waals surface area contributed by atoms with Gasteiger partial charge in [-0.1, -0.05) is 35.9 Å². The zero-order chi connectivity index (χ0) is 25.8. The fourth-order valence-corrected chi connectivity index (χ4v) is 4.13. The number of benzene rings is 3. The Morgan fingerprint density at radius 2 is 1.42 bits per heavy atom. The van der Waals surface area contributed by atoms with Crippen LogP contribution < -0.4 is 24.4 Å². The van der Waals surface area contributed by atoms with Gasteiger partial charge in [-0.05, 0) is 42.3 Å². The molecule has 0 aliphatic rings. The van der Waals surface area contributed by atoms with E-state index in [1.54, 1.807) is 31.9 Å². The van der Waals surface area contributed by atoms with E-state index in [9.17, 15) is 9.59 Å². The summed E-state index contributed by atoms with van der Waals surface area (Å²) in [4.78, 5) is 25.2. The Kier molecular flexibility index (Phi) is 7.50. The van der Waals surface area contributed by atoms with Gasteiger partial charge >= 0.3 is 0 Å². The Balaban J connectivity index is 1.76. The van der Waals surface area contributed by atoms with Gasteiger partial charge in [0.2, 0.25) is 5.43 Å². The number of carbonyl (C=O) groups excluding carboxylic acids is 1. The molecule has 4 aromatic rings. The highest BCUT2D eigenvalue weighted by atomic mass is 35.5. The molecular weight excluding hydrogens is 482 g/mol. The second-order valence-corrected chi connectivity index (χ2v) is 8.60. The van der Waals surface area contributed by atoms with Crippen molar-refractivity contribution >= 4 is 28.3 Å². The van der Waals surface area contributed by atoms with Gasteiger partial charge in [-0.15, -0.1) is 0 Å². The molecule has 7 nitrogen and oxygen atoms in total. The van der Waals surface area contributed by atoms with Crippen molar-refractivity contribution in [3.63, 3.8) is 0 Å². The van der Waals surface area contributed by atoms with E-state index >= 15 is 0 Å². The number of aromatic nitrogens is 1. The molecule has 0 aliphatic carbocycles. The lowest BCUT2D eigenvalue weighted by atomic mass is 10.1. The summed E-state index contributed by atoms with van der Waals surface area (Å²) in [5.74, 6) is 1.74. The monoisotopic (exact) mass is 507 g/mol. The fraction of sp³-hybridized carbons (Fsp3) is 0.214. The zero-order valence-corrected chi connectivity index (χ0v) is 21.2. The minimum absolute atomic E-state index is 0.0555. The zero-order valence-electron chi connectivity index (χ0n) is 20.5. The molecule has 36 heavy (non-hydrogen) atoms. The van der Waals surface area contributed by atoms with Crippen LogP contribution >= 0.6 is 11.6 Å². The summed E-state index contributed by atoms with van der Waals surface area (Å²) in [6, 6.07) is 16.6. The van der Waals surface area contributed by atoms with Crippen molar-refractivity contribution in [1.29, 1.82) is 0 Å². The third-order valence-electron chi connectivity index (χ3n) is 5.82. The molecular formula is C28H26ClNO6. The van der Waals surface area contributed by atoms with Gasteiger partial charge in [0, 0.05) is 19.3 Å². The summed E-state index contributed by atoms with van der Waals surface area (Å²) < 4.78 is 24.3. The SMILES string of the molecule is COc1ccc(COc2cc3c(c(Cl)c2OCc2ccc(OC)cc2)c(=O)c(C(C)=O)cn3C)cc1. The number of pyridine rings is 1. The number of halogens is 1. The van der Waals surface area contributed by atoms with Gasteiger partial charge in [-0.2, -0.15) is 0 Å². The van der Waals surface area contributed by atoms with Crippen molar-refractivity contribution in [3.05, 3.63) is 92.7 Å². The lowest BCUT2D eigenvalue weighted by Crippen LogP contribution is -2.17. The van der Waals surface area contributed by atoms with Crippen LogP contribution in [0.3, 0.4) is 0 Å². The van der Waals surface area contributed by atoms with Gasteiger partial charge in [-0.3, -0.25) is 9.59 Å². The molecule has 1 aromatic heterocycles. The molecule has 0 fully saturated rings. The van der Waals surface area contributed by atoms with Gasteiger partial charge < -0.3 is 23.5 Å². The summed E-state index contributed by atoms with van der Waals surface area (Å²) in [5.41, 5.74) is 1.92. The van der Waals surface area contributed by atoms with Crippen molar-refractivity contribution in [1.82, 2.24) is 4.57 Å². The number of hydrogen-bond donors (Lipinski definition) is 0. The molecule has 186 valence electrons. The van der Waals surface area contributed by atoms with E-state index in [2.05, 4.69) is 0 Å². The molecule has 4 rings (SSSR count). The van der Waals surface area contributed by atoms with Crippen LogP contribution in [0.2, 0.25) is 5.02 Å². The molecule has 0 saturated heterocycles. The Bertz CT molecular complexity index is 1460. The predicted octanol–water partition coefficient (Wildman–Crippen LogP) is 5.57. The highest BCUT2D eigenvalue weighted by molar-refractivity contribution is 6.37. The van der Waals surface area contributed by atoms with E-state index in [0.717, 1.165) is 22.6 Å². The Hall–Kier alpha value is -3.97. The van der Waals surface area contributed by atoms with Crippen LogP contribution in [0.4, 0.5) is 0 Å². The summed E-state index contributed by atoms with van der Waals surface area (Å²) in [5, 5.41) is 0.294. The van der Waals surface area contributed by atoms with Crippen LogP contribution in [0, 0.1) is 0 Å². The molecule has 0 unspecified atom stereocenters. The van der Waals surface area contributed by atoms with E-state index in [0.29, 0.717) is 11.3 Å². The molecule has 8 heteroatoms. The van der Waals surface area contributed by atoms with Crippen molar-refractivity contribution in [2.24, 2.45) is 7.05 Å². The number of aryl methyl sites for hydroxylation is 1. The molecule has 0 bridgehead atoms. The number of rotatable bonds is 9. The molecule has 3 aromatic carbocycles. The van der Waals surface area contributed by atoms with Crippen LogP contribution in [-0.2, 0) is 20.3 Å². The molecule has 0 N–H and O–H groups in total. The number of fused-ring (bicyclic) bond motifs is 1. The third-order valence-corrected chi connectivity index (χ3v) is 6.18. The average molecular weight is 508 g/mol. The molecule has 0 aliphatic heterocycles. The fourth-order valence-electron chi connectivity index (χ4n) is 3.80. The Morgan fingerprint density at radius 3 is 1.92 bits per heavy atom. The van der Waals surface area contributed by atoms with Crippen molar-refractivity contribution in [3.8, 4) is 23.0 Å². The third kappa shape index (κ3) is 5.16. The molecule has 0 atom stereocenters. The summed E-state index contributed by atoms with van der Waals surface area (Å²) in [6.45, 7) is 1.77. The largest absolute Gasteiger partial charge is 0.497 e. The van der Waals surface area contributed by atoms with Gasteiger partial charge in [-0.25, -0.2) is 0 Å². The molecule has 0 radical (unpaired) electrons. The maximum Gasteiger partial charge on any atom is 0.201 e. The van der Waals surface area contributed by atoms with Crippen LogP contribution in [0.25, 0.3) is 10.9 Å². The molecule has 0 amide bonds. The van der Waals surface area contributed by atoms with Gasteiger partial charge in [0.15, 0.2) is 17.3 Å². The van der Waals surface area contributed by atoms with Gasteiger partial charge in [0.25, 0.3) is 0 Å². The summed E-state index contributed by atoms with van der Waals surface area (Å²) in [7, 11) is 4.95. The van der Waals surface area contributed by atoms with Gasteiger partial charge in [0.05, 0.1) is 35.7 Å². The number of Topliss-reactive ketones (excluding diaryl/α,β-unsaturated/α-hetero) is 1. The summed E-state index contributed by atoms with van der Waals surface area (Å²) >= 11 is 6.77. The first-order valence-corrected chi connectivity index (χ1v) is 11.6. The van der Waals surface area contributed by atoms with Crippen LogP contribution in [0.1, 0.15) is 28.4 Å². The number of nitrogens with zero attached hydrogens (tertiary/aromatic N) is 1. The lowest BCUT2D eigenvalue weighted by molar-refractivity contribution is 0.101. The number of ketones is 1. The van der Waals surface area contributed by atoms with Crippen LogP contribution in [0.5, 0.6) is 23.0 Å². The minimum atomic E-state index is -0.448. The molecule has 0 spiro atoms. The maximum atomic E-state index is 13.2. The van der Waals surface area contributed by atoms with Crippen molar-refractivity contribution in [2.45, 2.75) is 20.1 Å². The first kappa shape index (κ1) is 25.1. The maximum absolute atomic E-state index is 13.2. The summed E-state index contributed by atoms with van der Waals surface area (Å²) in [6.07, 6.45) is 1.51. The van der Waals surface area contributed by atoms with Crippen molar-refractivity contribution in [2.75, 3.05) is 14.2 Å². The Morgan fingerprint density at radius 1 is 0.889 bits per heavy atom. The topological polar surface area (TPSA) is 76.0 Å². The van der Waals surface area contributed by atoms with E-state index in [-0.39, 0.29) is 40.7 Å². The number of ether oxygens (including phenoxy) is 4. The molecule has 0 saturated carbocycles. The van der Waals surface area contributed by atoms with E-state index in [1.807, 2.05) is 48.5 Å². The standard InChI is InChI=1S/C28H26ClNO6/c1-17(31)22-14-30(2)23-13-24(35-15-18-5-9-20(33-3)10-6-18)28(26(29)25(23)27(22)32)36-16-19-7-11-21(34-4)12-8-19/h5-14H,15-16H2,1-4H3. The van der Waals surface area contributed by atoms with E-state index in [4.69, 9.17) is 30.5 Å². The quantitative estimate of drug-likeness (QED) is 0.276. The normalized spacial score (nSPS) is 10.8. The second kappa shape index (κ2) is 10.7. The number of carbonyl (C=O) groups is 1. The van der Waals surface area contributed by atoms with Crippen molar-refractivity contribution < 1.29 is 23.7 Å². The number of hydrogen-bond acceptors (Lipinski definition) is 6. The first-order chi connectivity index (χ1) is 17.3. The van der Waals surface area contributed by atoms with Crippen LogP contribution in [-0.4, -0.2) is 24.6 Å². The number of methoxy groups -OCH3 is 2. The highest BCUT2D eigenvalue weighted by Gasteiger charge is 2.21. The van der Waals surface area contributed by atoms with E-state index in [1.165, 1.54) is 13.1 Å².